The fourth-order valence-corrected chi connectivity index (χ4v) is 5.18. The Balaban J connectivity index is 1.53. The Bertz CT molecular complexity index is 1390. The molecule has 1 saturated heterocycles. The molecule has 214 valence electrons. The van der Waals surface area contributed by atoms with E-state index in [4.69, 9.17) is 0 Å². The lowest BCUT2D eigenvalue weighted by Gasteiger charge is -2.27. The van der Waals surface area contributed by atoms with Crippen LogP contribution >= 0.6 is 0 Å². The van der Waals surface area contributed by atoms with E-state index in [-0.39, 0.29) is 25.2 Å². The molecule has 5 N–H and O–H groups in total. The van der Waals surface area contributed by atoms with Crippen molar-refractivity contribution >= 4 is 40.9 Å². The summed E-state index contributed by atoms with van der Waals surface area (Å²) in [6, 6.07) is 19.0. The molecule has 0 spiro atoms. The SMILES string of the molecule is O=C[C@H](C[C@@H]1CCCNC1=O)NC(=O)[C@H](Cc1ccccc1)NC(=O)[C@H](Cc1cccc2ccccc12)NC(=O)O. The van der Waals surface area contributed by atoms with Gasteiger partial charge < -0.3 is 31.2 Å². The summed E-state index contributed by atoms with van der Waals surface area (Å²) in [4.78, 5) is 62.6. The van der Waals surface area contributed by atoms with Gasteiger partial charge in [-0.2, -0.15) is 0 Å². The van der Waals surface area contributed by atoms with E-state index in [1.807, 2.05) is 48.5 Å². The molecule has 3 aromatic carbocycles. The maximum atomic E-state index is 13.5. The Hall–Kier alpha value is -4.73. The lowest BCUT2D eigenvalue weighted by molar-refractivity contribution is -0.131. The smallest absolute Gasteiger partial charge is 0.405 e. The van der Waals surface area contributed by atoms with Crippen LogP contribution in [0.1, 0.15) is 30.4 Å². The van der Waals surface area contributed by atoms with Gasteiger partial charge in [-0.3, -0.25) is 14.4 Å². The number of benzene rings is 3. The minimum atomic E-state index is -1.37. The number of rotatable bonds is 12. The van der Waals surface area contributed by atoms with Gasteiger partial charge in [0.1, 0.15) is 18.4 Å². The maximum absolute atomic E-state index is 13.5. The number of carbonyl (C=O) groups is 5. The number of carboxylic acid groups (broad SMARTS) is 1. The van der Waals surface area contributed by atoms with Crippen LogP contribution in [0.3, 0.4) is 0 Å². The summed E-state index contributed by atoms with van der Waals surface area (Å²) in [7, 11) is 0. The molecule has 1 aliphatic rings. The molecule has 10 heteroatoms. The Morgan fingerprint density at radius 2 is 1.56 bits per heavy atom. The zero-order valence-corrected chi connectivity index (χ0v) is 22.5. The van der Waals surface area contributed by atoms with E-state index < -0.39 is 42.0 Å². The molecule has 1 aliphatic heterocycles. The molecular formula is C31H34N4O6. The van der Waals surface area contributed by atoms with E-state index in [1.165, 1.54) is 0 Å². The molecule has 3 aromatic rings. The summed E-state index contributed by atoms with van der Waals surface area (Å²) >= 11 is 0. The molecule has 0 bridgehead atoms. The van der Waals surface area contributed by atoms with Crippen LogP contribution in [-0.2, 0) is 32.0 Å². The number of aldehydes is 1. The molecular weight excluding hydrogens is 524 g/mol. The van der Waals surface area contributed by atoms with Gasteiger partial charge in [-0.15, -0.1) is 0 Å². The molecule has 4 rings (SSSR count). The van der Waals surface area contributed by atoms with Gasteiger partial charge in [-0.05, 0) is 41.2 Å². The second kappa shape index (κ2) is 14.1. The number of hydrogen-bond acceptors (Lipinski definition) is 5. The van der Waals surface area contributed by atoms with Crippen LogP contribution in [-0.4, -0.2) is 59.9 Å². The van der Waals surface area contributed by atoms with Crippen molar-refractivity contribution in [2.75, 3.05) is 6.54 Å². The van der Waals surface area contributed by atoms with Gasteiger partial charge in [-0.25, -0.2) is 4.79 Å². The highest BCUT2D eigenvalue weighted by Gasteiger charge is 2.31. The lowest BCUT2D eigenvalue weighted by Crippen LogP contribution is -2.56. The zero-order valence-electron chi connectivity index (χ0n) is 22.5. The summed E-state index contributed by atoms with van der Waals surface area (Å²) in [5.41, 5.74) is 1.53. The largest absolute Gasteiger partial charge is 0.465 e. The van der Waals surface area contributed by atoms with Crippen molar-refractivity contribution in [3.8, 4) is 0 Å². The van der Waals surface area contributed by atoms with Crippen LogP contribution < -0.4 is 21.3 Å². The van der Waals surface area contributed by atoms with Crippen molar-refractivity contribution in [3.63, 3.8) is 0 Å². The normalized spacial score (nSPS) is 17.0. The van der Waals surface area contributed by atoms with Crippen molar-refractivity contribution in [2.24, 2.45) is 5.92 Å². The van der Waals surface area contributed by atoms with Crippen molar-refractivity contribution in [1.82, 2.24) is 21.3 Å². The summed E-state index contributed by atoms with van der Waals surface area (Å²) in [6.07, 6.45) is 0.952. The number of fused-ring (bicyclic) bond motifs is 1. The van der Waals surface area contributed by atoms with Gasteiger partial charge >= 0.3 is 6.09 Å². The fraction of sp³-hybridized carbons (Fsp3) is 0.323. The van der Waals surface area contributed by atoms with Crippen molar-refractivity contribution in [1.29, 1.82) is 0 Å². The Morgan fingerprint density at radius 3 is 2.29 bits per heavy atom. The number of carbonyl (C=O) groups excluding carboxylic acids is 4. The molecule has 0 aromatic heterocycles. The fourth-order valence-electron chi connectivity index (χ4n) is 5.18. The maximum Gasteiger partial charge on any atom is 0.405 e. The molecule has 0 aliphatic carbocycles. The first-order chi connectivity index (χ1) is 19.8. The van der Waals surface area contributed by atoms with Crippen LogP contribution in [0.15, 0.2) is 72.8 Å². The molecule has 4 atom stereocenters. The van der Waals surface area contributed by atoms with E-state index in [2.05, 4.69) is 21.3 Å². The second-order valence-electron chi connectivity index (χ2n) is 10.2. The van der Waals surface area contributed by atoms with Gasteiger partial charge in [0.2, 0.25) is 17.7 Å². The minimum Gasteiger partial charge on any atom is -0.465 e. The van der Waals surface area contributed by atoms with E-state index in [0.717, 1.165) is 28.3 Å². The average Bonchev–Trinajstić information content (AvgIpc) is 2.97. The van der Waals surface area contributed by atoms with Crippen LogP contribution in [0.25, 0.3) is 10.8 Å². The Kier molecular flexibility index (Phi) is 10.0. The number of nitrogens with one attached hydrogen (secondary N) is 4. The number of piperidine rings is 1. The van der Waals surface area contributed by atoms with E-state index in [9.17, 15) is 29.1 Å². The highest BCUT2D eigenvalue weighted by molar-refractivity contribution is 5.93. The van der Waals surface area contributed by atoms with Crippen LogP contribution in [0.5, 0.6) is 0 Å². The molecule has 0 unspecified atom stereocenters. The highest BCUT2D eigenvalue weighted by Crippen LogP contribution is 2.20. The first-order valence-corrected chi connectivity index (χ1v) is 13.7. The highest BCUT2D eigenvalue weighted by atomic mass is 16.4. The molecule has 0 saturated carbocycles. The van der Waals surface area contributed by atoms with Gasteiger partial charge in [0, 0.05) is 25.3 Å². The molecule has 1 fully saturated rings. The van der Waals surface area contributed by atoms with Crippen LogP contribution in [0.4, 0.5) is 4.79 Å². The third kappa shape index (κ3) is 8.14. The molecule has 4 amide bonds. The Labute approximate surface area is 237 Å². The number of hydrogen-bond donors (Lipinski definition) is 5. The molecule has 1 heterocycles. The predicted molar refractivity (Wildman–Crippen MR) is 153 cm³/mol. The van der Waals surface area contributed by atoms with Crippen LogP contribution in [0, 0.1) is 5.92 Å². The van der Waals surface area contributed by atoms with Gasteiger partial charge in [0.25, 0.3) is 0 Å². The van der Waals surface area contributed by atoms with E-state index in [1.54, 1.807) is 24.3 Å². The molecule has 41 heavy (non-hydrogen) atoms. The summed E-state index contributed by atoms with van der Waals surface area (Å²) in [5, 5.41) is 21.8. The van der Waals surface area contributed by atoms with Crippen LogP contribution in [0.2, 0.25) is 0 Å². The third-order valence-corrected chi connectivity index (χ3v) is 7.26. The zero-order chi connectivity index (χ0) is 29.2. The van der Waals surface area contributed by atoms with E-state index >= 15 is 0 Å². The average molecular weight is 559 g/mol. The summed E-state index contributed by atoms with van der Waals surface area (Å²) < 4.78 is 0. The molecule has 0 radical (unpaired) electrons. The quantitative estimate of drug-likeness (QED) is 0.215. The summed E-state index contributed by atoms with van der Waals surface area (Å²) in [6.45, 7) is 0.586. The number of amides is 4. The first kappa shape index (κ1) is 29.3. The first-order valence-electron chi connectivity index (χ1n) is 13.7. The standard InChI is InChI=1S/C31H34N4O6/c36-19-24(17-23-13-7-15-32-28(23)37)33-29(38)26(16-20-8-2-1-3-9-20)34-30(39)27(35-31(40)41)18-22-12-6-11-21-10-4-5-14-25(21)22/h1-6,8-12,14,19,23-24,26-27,35H,7,13,15-18H2,(H,32,37)(H,33,38)(H,34,39)(H,40,41)/t23-,24-,26-,27-/m0/s1. The predicted octanol–water partition coefficient (Wildman–Crippen LogP) is 2.35. The van der Waals surface area contributed by atoms with Gasteiger partial charge in [-0.1, -0.05) is 72.8 Å². The van der Waals surface area contributed by atoms with Crippen molar-refractivity contribution in [2.45, 2.75) is 50.2 Å². The van der Waals surface area contributed by atoms with E-state index in [0.29, 0.717) is 19.3 Å². The van der Waals surface area contributed by atoms with Gasteiger partial charge in [0.15, 0.2) is 0 Å². The third-order valence-electron chi connectivity index (χ3n) is 7.26. The Morgan fingerprint density at radius 1 is 0.878 bits per heavy atom. The van der Waals surface area contributed by atoms with Crippen molar-refractivity contribution < 1.29 is 29.1 Å². The van der Waals surface area contributed by atoms with Gasteiger partial charge in [0.05, 0.1) is 6.04 Å². The lowest BCUT2D eigenvalue weighted by atomic mass is 9.92. The summed E-state index contributed by atoms with van der Waals surface area (Å²) in [5.74, 6) is -1.82. The topological polar surface area (TPSA) is 154 Å². The monoisotopic (exact) mass is 558 g/mol. The second-order valence-corrected chi connectivity index (χ2v) is 10.2. The minimum absolute atomic E-state index is 0.0624. The molecule has 10 nitrogen and oxygen atoms in total. The van der Waals surface area contributed by atoms with Crippen molar-refractivity contribution in [3.05, 3.63) is 83.9 Å².